The van der Waals surface area contributed by atoms with Crippen LogP contribution in [0.2, 0.25) is 0 Å². The number of benzene rings is 1. The van der Waals surface area contributed by atoms with Gasteiger partial charge < -0.3 is 10.2 Å². The van der Waals surface area contributed by atoms with E-state index in [0.717, 1.165) is 17.1 Å². The monoisotopic (exact) mass is 300 g/mol. The van der Waals surface area contributed by atoms with Crippen molar-refractivity contribution in [3.05, 3.63) is 53.7 Å². The summed E-state index contributed by atoms with van der Waals surface area (Å²) in [7, 11) is 4.04. The van der Waals surface area contributed by atoms with Gasteiger partial charge in [0.05, 0.1) is 6.04 Å². The quantitative estimate of drug-likeness (QED) is 0.889. The van der Waals surface area contributed by atoms with E-state index in [1.807, 2.05) is 32.3 Å². The summed E-state index contributed by atoms with van der Waals surface area (Å²) >= 11 is 0. The van der Waals surface area contributed by atoms with Crippen molar-refractivity contribution in [2.45, 2.75) is 24.8 Å². The fourth-order valence-electron chi connectivity index (χ4n) is 2.56. The summed E-state index contributed by atoms with van der Waals surface area (Å²) in [4.78, 5) is 10.7. The molecule has 0 radical (unpaired) electrons. The Balaban J connectivity index is 1.69. The van der Waals surface area contributed by atoms with Crippen LogP contribution in [0.3, 0.4) is 0 Å². The van der Waals surface area contributed by atoms with E-state index >= 15 is 0 Å². The number of anilines is 1. The molecule has 0 spiro atoms. The van der Waals surface area contributed by atoms with Crippen LogP contribution >= 0.6 is 0 Å². The zero-order chi connectivity index (χ0) is 15.5. The average Bonchev–Trinajstić information content (AvgIpc) is 3.34. The Kier molecular flexibility index (Phi) is 4.34. The summed E-state index contributed by atoms with van der Waals surface area (Å²) in [5.41, 5.74) is 2.20. The number of hydrogen-bond acceptors (Lipinski definition) is 4. The van der Waals surface area contributed by atoms with Crippen molar-refractivity contribution >= 4 is 5.82 Å². The average molecular weight is 300 g/mol. The molecule has 0 amide bonds. The van der Waals surface area contributed by atoms with Crippen molar-refractivity contribution in [1.29, 1.82) is 0 Å². The zero-order valence-electron chi connectivity index (χ0n) is 13.0. The molecule has 22 heavy (non-hydrogen) atoms. The number of aromatic nitrogens is 2. The lowest BCUT2D eigenvalue weighted by Gasteiger charge is -2.25. The smallest absolute Gasteiger partial charge is 0.129 e. The van der Waals surface area contributed by atoms with E-state index in [9.17, 15) is 4.39 Å². The van der Waals surface area contributed by atoms with Gasteiger partial charge in [-0.15, -0.1) is 0 Å². The van der Waals surface area contributed by atoms with Gasteiger partial charge in [0.1, 0.15) is 18.0 Å². The van der Waals surface area contributed by atoms with Gasteiger partial charge >= 0.3 is 0 Å². The molecule has 1 heterocycles. The highest BCUT2D eigenvalue weighted by molar-refractivity contribution is 5.37. The first-order chi connectivity index (χ1) is 10.6. The minimum atomic E-state index is -0.209. The number of halogens is 1. The molecule has 0 aliphatic heterocycles. The minimum absolute atomic E-state index is 0.153. The third-order valence-corrected chi connectivity index (χ3v) is 4.04. The van der Waals surface area contributed by atoms with Crippen molar-refractivity contribution in [2.24, 2.45) is 0 Å². The predicted octanol–water partition coefficient (Wildman–Crippen LogP) is 3.21. The van der Waals surface area contributed by atoms with E-state index < -0.39 is 0 Å². The van der Waals surface area contributed by atoms with Gasteiger partial charge in [0.2, 0.25) is 0 Å². The molecule has 1 fully saturated rings. The maximum Gasteiger partial charge on any atom is 0.129 e. The third kappa shape index (κ3) is 3.60. The van der Waals surface area contributed by atoms with Gasteiger partial charge in [0.25, 0.3) is 0 Å². The van der Waals surface area contributed by atoms with E-state index in [0.29, 0.717) is 12.5 Å². The van der Waals surface area contributed by atoms with Crippen LogP contribution in [0.4, 0.5) is 10.2 Å². The number of hydrogen-bond donors (Lipinski definition) is 1. The van der Waals surface area contributed by atoms with E-state index in [2.05, 4.69) is 20.2 Å². The SMILES string of the molecule is CN(C)C(CNc1cc(C2CC2)ncn1)c1ccc(F)cc1. The highest BCUT2D eigenvalue weighted by Gasteiger charge is 2.25. The number of nitrogens with one attached hydrogen (secondary N) is 1. The van der Waals surface area contributed by atoms with Gasteiger partial charge in [-0.25, -0.2) is 14.4 Å². The Morgan fingerprint density at radius 1 is 1.23 bits per heavy atom. The lowest BCUT2D eigenvalue weighted by molar-refractivity contribution is 0.311. The molecule has 1 aliphatic rings. The summed E-state index contributed by atoms with van der Waals surface area (Å²) in [6.45, 7) is 0.708. The molecule has 5 heteroatoms. The van der Waals surface area contributed by atoms with Gasteiger partial charge in [-0.2, -0.15) is 0 Å². The highest BCUT2D eigenvalue weighted by atomic mass is 19.1. The van der Waals surface area contributed by atoms with Gasteiger partial charge in [-0.1, -0.05) is 12.1 Å². The van der Waals surface area contributed by atoms with Gasteiger partial charge in [0, 0.05) is 24.2 Å². The van der Waals surface area contributed by atoms with Crippen molar-refractivity contribution in [2.75, 3.05) is 26.0 Å². The first-order valence-corrected chi connectivity index (χ1v) is 7.61. The second-order valence-electron chi connectivity index (χ2n) is 6.01. The molecule has 1 N–H and O–H groups in total. The number of rotatable bonds is 6. The van der Waals surface area contributed by atoms with Gasteiger partial charge in [0.15, 0.2) is 0 Å². The third-order valence-electron chi connectivity index (χ3n) is 4.04. The molecule has 1 aromatic heterocycles. The summed E-state index contributed by atoms with van der Waals surface area (Å²) in [5.74, 6) is 1.26. The van der Waals surface area contributed by atoms with Crippen LogP contribution in [-0.4, -0.2) is 35.5 Å². The Morgan fingerprint density at radius 2 is 1.95 bits per heavy atom. The summed E-state index contributed by atoms with van der Waals surface area (Å²) < 4.78 is 13.1. The van der Waals surface area contributed by atoms with Gasteiger partial charge in [-0.05, 0) is 44.6 Å². The summed E-state index contributed by atoms with van der Waals surface area (Å²) in [6.07, 6.45) is 4.08. The van der Waals surface area contributed by atoms with Crippen LogP contribution in [0.5, 0.6) is 0 Å². The zero-order valence-corrected chi connectivity index (χ0v) is 13.0. The highest BCUT2D eigenvalue weighted by Crippen LogP contribution is 2.39. The van der Waals surface area contributed by atoms with E-state index in [1.54, 1.807) is 6.33 Å². The lowest BCUT2D eigenvalue weighted by atomic mass is 10.1. The first-order valence-electron chi connectivity index (χ1n) is 7.61. The minimum Gasteiger partial charge on any atom is -0.368 e. The van der Waals surface area contributed by atoms with Crippen LogP contribution in [0.15, 0.2) is 36.7 Å². The molecule has 1 atom stereocenters. The van der Waals surface area contributed by atoms with Crippen LogP contribution in [0.25, 0.3) is 0 Å². The second kappa shape index (κ2) is 6.40. The number of likely N-dealkylation sites (N-methyl/N-ethyl adjacent to an activating group) is 1. The summed E-state index contributed by atoms with van der Waals surface area (Å²) in [5, 5.41) is 3.38. The fraction of sp³-hybridized carbons (Fsp3) is 0.412. The molecule has 1 saturated carbocycles. The van der Waals surface area contributed by atoms with E-state index in [1.165, 1.54) is 25.0 Å². The number of nitrogens with zero attached hydrogens (tertiary/aromatic N) is 3. The van der Waals surface area contributed by atoms with Gasteiger partial charge in [-0.3, -0.25) is 0 Å². The molecular formula is C17H21FN4. The fourth-order valence-corrected chi connectivity index (χ4v) is 2.56. The summed E-state index contributed by atoms with van der Waals surface area (Å²) in [6, 6.07) is 8.85. The van der Waals surface area contributed by atoms with E-state index in [4.69, 9.17) is 0 Å². The van der Waals surface area contributed by atoms with Crippen molar-refractivity contribution < 1.29 is 4.39 Å². The molecule has 2 aromatic rings. The Bertz CT molecular complexity index is 623. The van der Waals surface area contributed by atoms with Crippen LogP contribution < -0.4 is 5.32 Å². The molecule has 3 rings (SSSR count). The molecule has 1 aromatic carbocycles. The normalized spacial score (nSPS) is 15.8. The molecule has 1 unspecified atom stereocenters. The maximum atomic E-state index is 13.1. The van der Waals surface area contributed by atoms with Crippen LogP contribution in [-0.2, 0) is 0 Å². The Hall–Kier alpha value is -2.01. The topological polar surface area (TPSA) is 41.0 Å². The Labute approximate surface area is 130 Å². The predicted molar refractivity (Wildman–Crippen MR) is 85.3 cm³/mol. The molecule has 4 nitrogen and oxygen atoms in total. The molecule has 0 bridgehead atoms. The van der Waals surface area contributed by atoms with Crippen molar-refractivity contribution in [3.8, 4) is 0 Å². The van der Waals surface area contributed by atoms with Crippen molar-refractivity contribution in [3.63, 3.8) is 0 Å². The van der Waals surface area contributed by atoms with Crippen LogP contribution in [0, 0.1) is 5.82 Å². The largest absolute Gasteiger partial charge is 0.368 e. The molecule has 0 saturated heterocycles. The lowest BCUT2D eigenvalue weighted by Crippen LogP contribution is -2.27. The molecular weight excluding hydrogens is 279 g/mol. The van der Waals surface area contributed by atoms with Crippen LogP contribution in [0.1, 0.15) is 36.1 Å². The van der Waals surface area contributed by atoms with Crippen molar-refractivity contribution in [1.82, 2.24) is 14.9 Å². The molecule has 116 valence electrons. The van der Waals surface area contributed by atoms with E-state index in [-0.39, 0.29) is 11.9 Å². The first kappa shape index (κ1) is 14.9. The Morgan fingerprint density at radius 3 is 2.59 bits per heavy atom. The standard InChI is InChI=1S/C17H21FN4/c1-22(2)16(13-5-7-14(18)8-6-13)10-19-17-9-15(12-3-4-12)20-11-21-17/h5-9,11-12,16H,3-4,10H2,1-2H3,(H,19,20,21). The maximum absolute atomic E-state index is 13.1. The molecule has 1 aliphatic carbocycles. The second-order valence-corrected chi connectivity index (χ2v) is 6.01.